The van der Waals surface area contributed by atoms with Crippen molar-refractivity contribution in [3.63, 3.8) is 0 Å². The normalized spacial score (nSPS) is 19.8. The van der Waals surface area contributed by atoms with E-state index in [2.05, 4.69) is 15.5 Å². The summed E-state index contributed by atoms with van der Waals surface area (Å²) in [5, 5.41) is 17.9. The lowest BCUT2D eigenvalue weighted by molar-refractivity contribution is -0.170. The standard InChI is InChI=1S/C23H30N4O7S2.ClH/c1-11-17(31-4)8-16(28)14-9-36-10-15(21-25-13(3)27-34-21)26-18(35)6-5-7-19(32-22(29)12(2)24)33-23(30)20(11)14;/h8,12,15,19,28H,5-7,9-10,24H2,1-4H3,(H,26,35);1H/t12-,15-,19+;/m0./s1. The van der Waals surface area contributed by atoms with Crippen molar-refractivity contribution >= 4 is 53.3 Å². The van der Waals surface area contributed by atoms with Crippen molar-refractivity contribution in [1.29, 1.82) is 0 Å². The maximum atomic E-state index is 13.3. The number of cyclic esters (lactones) is 1. The molecule has 4 N–H and O–H groups in total. The van der Waals surface area contributed by atoms with E-state index in [1.807, 2.05) is 0 Å². The van der Waals surface area contributed by atoms with Gasteiger partial charge in [-0.3, -0.25) is 4.79 Å². The molecule has 0 unspecified atom stereocenters. The maximum Gasteiger partial charge on any atom is 0.342 e. The van der Waals surface area contributed by atoms with E-state index in [1.165, 1.54) is 31.9 Å². The lowest BCUT2D eigenvalue weighted by atomic mass is 10.0. The smallest absolute Gasteiger partial charge is 0.342 e. The second kappa shape index (κ2) is 13.8. The number of halogens is 1. The van der Waals surface area contributed by atoms with Crippen LogP contribution in [0.1, 0.15) is 65.4 Å². The van der Waals surface area contributed by atoms with Gasteiger partial charge in [0.1, 0.15) is 23.6 Å². The molecule has 0 aliphatic carbocycles. The van der Waals surface area contributed by atoms with E-state index in [1.54, 1.807) is 13.8 Å². The van der Waals surface area contributed by atoms with Gasteiger partial charge in [0.2, 0.25) is 12.2 Å². The van der Waals surface area contributed by atoms with Crippen molar-refractivity contribution in [3.05, 3.63) is 34.5 Å². The number of carbonyl (C=O) groups excluding carboxylic acids is 2. The monoisotopic (exact) mass is 574 g/mol. The third kappa shape index (κ3) is 7.94. The fourth-order valence-electron chi connectivity index (χ4n) is 3.59. The number of ether oxygens (including phenoxy) is 3. The molecule has 1 aliphatic heterocycles. The van der Waals surface area contributed by atoms with Crippen LogP contribution in [0.15, 0.2) is 10.6 Å². The number of hydrogen-bond donors (Lipinski definition) is 3. The summed E-state index contributed by atoms with van der Waals surface area (Å²) in [6.07, 6.45) is -0.106. The first-order chi connectivity index (χ1) is 17.1. The largest absolute Gasteiger partial charge is 0.507 e. The Morgan fingerprint density at radius 2 is 2.14 bits per heavy atom. The van der Waals surface area contributed by atoms with Crippen molar-refractivity contribution in [2.45, 2.75) is 64.2 Å². The number of esters is 2. The van der Waals surface area contributed by atoms with Gasteiger partial charge < -0.3 is 34.9 Å². The molecule has 0 saturated heterocycles. The van der Waals surface area contributed by atoms with E-state index < -0.39 is 24.3 Å². The van der Waals surface area contributed by atoms with E-state index in [0.717, 1.165) is 0 Å². The number of phenols is 1. The van der Waals surface area contributed by atoms with Crippen LogP contribution in [0, 0.1) is 13.8 Å². The highest BCUT2D eigenvalue weighted by Gasteiger charge is 2.29. The van der Waals surface area contributed by atoms with Crippen molar-refractivity contribution in [3.8, 4) is 11.5 Å². The number of nitrogens with one attached hydrogen (secondary N) is 1. The second-order valence-corrected chi connectivity index (χ2v) is 9.87. The van der Waals surface area contributed by atoms with Gasteiger partial charge in [0, 0.05) is 35.1 Å². The van der Waals surface area contributed by atoms with E-state index >= 15 is 0 Å². The van der Waals surface area contributed by atoms with Crippen LogP contribution >= 0.6 is 36.4 Å². The van der Waals surface area contributed by atoms with Crippen LogP contribution in [0.2, 0.25) is 0 Å². The highest BCUT2D eigenvalue weighted by molar-refractivity contribution is 7.98. The fraction of sp³-hybridized carbons (Fsp3) is 0.522. The topological polar surface area (TPSA) is 159 Å². The minimum absolute atomic E-state index is 0. The Morgan fingerprint density at radius 1 is 1.41 bits per heavy atom. The number of thiocarbonyl (C=S) groups is 1. The highest BCUT2D eigenvalue weighted by Crippen LogP contribution is 2.36. The molecule has 1 aliphatic rings. The summed E-state index contributed by atoms with van der Waals surface area (Å²) in [6.45, 7) is 4.89. The number of thioether (sulfide) groups is 1. The van der Waals surface area contributed by atoms with Crippen molar-refractivity contribution in [2.75, 3.05) is 12.9 Å². The number of methoxy groups -OCH3 is 1. The van der Waals surface area contributed by atoms with Crippen LogP contribution in [0.3, 0.4) is 0 Å². The number of rotatable bonds is 4. The van der Waals surface area contributed by atoms with Gasteiger partial charge in [-0.15, -0.1) is 12.4 Å². The van der Waals surface area contributed by atoms with Gasteiger partial charge in [0.25, 0.3) is 0 Å². The maximum absolute atomic E-state index is 13.3. The molecule has 11 nitrogen and oxygen atoms in total. The van der Waals surface area contributed by atoms with E-state index in [9.17, 15) is 14.7 Å². The number of aryl methyl sites for hydroxylation is 1. The third-order valence-corrected chi connectivity index (χ3v) is 6.84. The summed E-state index contributed by atoms with van der Waals surface area (Å²) in [4.78, 5) is 30.4. The SMILES string of the molecule is COc1cc(O)c2c(c1C)C(=O)O[C@@H](OC(=O)[C@H](C)N)CCCC(=S)N[C@H](c1nc(C)no1)CSC2.Cl. The fourth-order valence-corrected chi connectivity index (χ4v) is 4.96. The lowest BCUT2D eigenvalue weighted by Gasteiger charge is -2.23. The quantitative estimate of drug-likeness (QED) is 0.361. The van der Waals surface area contributed by atoms with Gasteiger partial charge in [0.15, 0.2) is 5.82 Å². The summed E-state index contributed by atoms with van der Waals surface area (Å²) in [7, 11) is 1.44. The average molecular weight is 575 g/mol. The molecule has 0 fully saturated rings. The summed E-state index contributed by atoms with van der Waals surface area (Å²) < 4.78 is 21.6. The van der Waals surface area contributed by atoms with Crippen LogP contribution in [0.25, 0.3) is 0 Å². The van der Waals surface area contributed by atoms with Crippen molar-refractivity contribution < 1.29 is 33.4 Å². The Hall–Kier alpha value is -2.61. The molecule has 37 heavy (non-hydrogen) atoms. The Kier molecular flexibility index (Phi) is 11.4. The molecule has 2 aromatic rings. The van der Waals surface area contributed by atoms with Crippen LogP contribution in [-0.4, -0.2) is 57.4 Å². The molecule has 204 valence electrons. The Morgan fingerprint density at radius 3 is 2.76 bits per heavy atom. The molecular weight excluding hydrogens is 544 g/mol. The number of carbonyl (C=O) groups is 2. The predicted molar refractivity (Wildman–Crippen MR) is 143 cm³/mol. The number of fused-ring (bicyclic) bond motifs is 1. The first-order valence-corrected chi connectivity index (χ1v) is 12.9. The zero-order valence-corrected chi connectivity index (χ0v) is 23.4. The number of nitrogens with zero attached hydrogens (tertiary/aromatic N) is 2. The minimum Gasteiger partial charge on any atom is -0.507 e. The van der Waals surface area contributed by atoms with E-state index in [-0.39, 0.29) is 41.9 Å². The molecule has 0 radical (unpaired) electrons. The summed E-state index contributed by atoms with van der Waals surface area (Å²) in [5.74, 6) is 0.344. The summed E-state index contributed by atoms with van der Waals surface area (Å²) in [6, 6.07) is 0.174. The molecule has 14 heteroatoms. The van der Waals surface area contributed by atoms with Crippen LogP contribution < -0.4 is 15.8 Å². The van der Waals surface area contributed by atoms with E-state index in [0.29, 0.717) is 52.2 Å². The van der Waals surface area contributed by atoms with Crippen LogP contribution in [-0.2, 0) is 20.0 Å². The van der Waals surface area contributed by atoms with Gasteiger partial charge >= 0.3 is 11.9 Å². The zero-order chi connectivity index (χ0) is 26.4. The number of nitrogens with two attached hydrogens (primary N) is 1. The molecule has 3 rings (SSSR count). The first-order valence-electron chi connectivity index (χ1n) is 11.3. The van der Waals surface area contributed by atoms with Crippen LogP contribution in [0.4, 0.5) is 0 Å². The minimum atomic E-state index is -1.19. The van der Waals surface area contributed by atoms with Gasteiger partial charge in [-0.25, -0.2) is 4.79 Å². The number of aromatic nitrogens is 2. The Balaban J connectivity index is 0.00000481. The number of aromatic hydroxyl groups is 1. The third-order valence-electron chi connectivity index (χ3n) is 5.46. The molecule has 0 spiro atoms. The van der Waals surface area contributed by atoms with Gasteiger partial charge in [0.05, 0.1) is 17.7 Å². The zero-order valence-electron chi connectivity index (χ0n) is 20.9. The number of benzene rings is 1. The molecule has 1 aromatic carbocycles. The molecule has 0 bridgehead atoms. The number of hydrogen-bond acceptors (Lipinski definition) is 12. The molecular formula is C23H31ClN4O7S2. The molecule has 2 heterocycles. The van der Waals surface area contributed by atoms with E-state index in [4.69, 9.17) is 36.7 Å². The van der Waals surface area contributed by atoms with Gasteiger partial charge in [-0.05, 0) is 33.6 Å². The molecule has 0 saturated carbocycles. The summed E-state index contributed by atoms with van der Waals surface area (Å²) >= 11 is 6.93. The average Bonchev–Trinajstić information content (AvgIpc) is 3.25. The Bertz CT molecular complexity index is 1130. The number of phenolic OH excluding ortho intramolecular Hbond substituents is 1. The van der Waals surface area contributed by atoms with Crippen LogP contribution in [0.5, 0.6) is 11.5 Å². The lowest BCUT2D eigenvalue weighted by Crippen LogP contribution is -2.35. The first kappa shape index (κ1) is 30.6. The van der Waals surface area contributed by atoms with Gasteiger partial charge in [-0.1, -0.05) is 17.4 Å². The Labute approximate surface area is 230 Å². The molecule has 0 amide bonds. The van der Waals surface area contributed by atoms with Crippen molar-refractivity contribution in [1.82, 2.24) is 15.5 Å². The van der Waals surface area contributed by atoms with Gasteiger partial charge in [-0.2, -0.15) is 16.7 Å². The highest BCUT2D eigenvalue weighted by atomic mass is 35.5. The second-order valence-electron chi connectivity index (χ2n) is 8.34. The molecule has 1 aromatic heterocycles. The predicted octanol–water partition coefficient (Wildman–Crippen LogP) is 3.27. The summed E-state index contributed by atoms with van der Waals surface area (Å²) in [5.41, 5.74) is 6.63. The van der Waals surface area contributed by atoms with Crippen molar-refractivity contribution in [2.24, 2.45) is 5.73 Å². The molecule has 3 atom stereocenters.